The second-order valence-electron chi connectivity index (χ2n) is 8.39. The number of hydrogen-bond donors (Lipinski definition) is 2. The van der Waals surface area contributed by atoms with Gasteiger partial charge in [0.05, 0.1) is 6.04 Å². The zero-order chi connectivity index (χ0) is 20.7. The molecular formula is C23H24FN3O3. The highest BCUT2D eigenvalue weighted by Gasteiger charge is 2.46. The van der Waals surface area contributed by atoms with Crippen molar-refractivity contribution in [2.45, 2.75) is 43.3 Å². The fraction of sp³-hybridized carbons (Fsp3) is 0.391. The van der Waals surface area contributed by atoms with Gasteiger partial charge in [-0.15, -0.1) is 0 Å². The molecule has 2 aromatic rings. The fourth-order valence-electron chi connectivity index (χ4n) is 5.03. The van der Waals surface area contributed by atoms with E-state index in [0.29, 0.717) is 19.0 Å². The van der Waals surface area contributed by atoms with Gasteiger partial charge in [-0.05, 0) is 54.5 Å². The standard InChI is InChI=1S/C23H24FN3O3/c24-17-7-5-16(6-8-17)20-19-4-2-1-3-15(19)10-12-27(20)21-26-23(14-30-21)11-9-18(13-23)25-22(28)29/h1-8,18,20,25H,9-14H2,(H,28,29)/t18-,20-,23-/m0/s1. The molecule has 2 heterocycles. The summed E-state index contributed by atoms with van der Waals surface area (Å²) in [7, 11) is 0. The minimum atomic E-state index is -0.996. The van der Waals surface area contributed by atoms with Crippen molar-refractivity contribution in [3.05, 3.63) is 71.0 Å². The molecule has 1 fully saturated rings. The number of nitrogens with one attached hydrogen (secondary N) is 1. The summed E-state index contributed by atoms with van der Waals surface area (Å²) in [5.74, 6) is -0.259. The molecule has 1 aliphatic carbocycles. The van der Waals surface area contributed by atoms with E-state index in [1.54, 1.807) is 0 Å². The summed E-state index contributed by atoms with van der Waals surface area (Å²) in [6, 6.07) is 15.4. The topological polar surface area (TPSA) is 74.2 Å². The van der Waals surface area contributed by atoms with Gasteiger partial charge < -0.3 is 20.1 Å². The summed E-state index contributed by atoms with van der Waals surface area (Å²) >= 11 is 0. The molecule has 156 valence electrons. The number of fused-ring (bicyclic) bond motifs is 1. The number of nitrogens with zero attached hydrogens (tertiary/aromatic N) is 2. The van der Waals surface area contributed by atoms with Crippen LogP contribution in [-0.2, 0) is 11.2 Å². The van der Waals surface area contributed by atoms with Gasteiger partial charge in [0.2, 0.25) is 0 Å². The number of carboxylic acid groups (broad SMARTS) is 1. The van der Waals surface area contributed by atoms with Crippen molar-refractivity contribution in [2.24, 2.45) is 4.99 Å². The van der Waals surface area contributed by atoms with Crippen LogP contribution in [0.3, 0.4) is 0 Å². The molecule has 6 nitrogen and oxygen atoms in total. The van der Waals surface area contributed by atoms with Crippen LogP contribution in [0.15, 0.2) is 53.5 Å². The van der Waals surface area contributed by atoms with Crippen LogP contribution in [0.5, 0.6) is 0 Å². The summed E-state index contributed by atoms with van der Waals surface area (Å²) in [5, 5.41) is 11.6. The van der Waals surface area contributed by atoms with Crippen LogP contribution < -0.4 is 5.32 Å². The summed E-state index contributed by atoms with van der Waals surface area (Å²) in [4.78, 5) is 18.1. The lowest BCUT2D eigenvalue weighted by Gasteiger charge is -2.38. The molecule has 3 aliphatic rings. The largest absolute Gasteiger partial charge is 0.465 e. The van der Waals surface area contributed by atoms with Gasteiger partial charge in [-0.25, -0.2) is 14.2 Å². The number of ether oxygens (including phenoxy) is 1. The molecule has 1 saturated carbocycles. The fourth-order valence-corrected chi connectivity index (χ4v) is 5.03. The third kappa shape index (κ3) is 3.38. The monoisotopic (exact) mass is 409 g/mol. The first-order valence-electron chi connectivity index (χ1n) is 10.4. The highest BCUT2D eigenvalue weighted by atomic mass is 19.1. The first-order chi connectivity index (χ1) is 14.5. The summed E-state index contributed by atoms with van der Waals surface area (Å²) in [6.45, 7) is 1.22. The van der Waals surface area contributed by atoms with E-state index in [0.717, 1.165) is 31.4 Å². The van der Waals surface area contributed by atoms with Crippen LogP contribution in [0, 0.1) is 5.82 Å². The Hall–Kier alpha value is -3.09. The first-order valence-corrected chi connectivity index (χ1v) is 10.4. The molecule has 0 unspecified atom stereocenters. The lowest BCUT2D eigenvalue weighted by atomic mass is 9.88. The molecule has 7 heteroatoms. The van der Waals surface area contributed by atoms with E-state index in [1.807, 2.05) is 24.3 Å². The van der Waals surface area contributed by atoms with Gasteiger partial charge in [-0.1, -0.05) is 36.4 Å². The molecule has 3 atom stereocenters. The minimum absolute atomic E-state index is 0.0934. The van der Waals surface area contributed by atoms with Crippen LogP contribution in [-0.4, -0.2) is 46.9 Å². The van der Waals surface area contributed by atoms with Crippen molar-refractivity contribution in [3.8, 4) is 0 Å². The molecule has 0 aromatic heterocycles. The molecule has 30 heavy (non-hydrogen) atoms. The van der Waals surface area contributed by atoms with E-state index < -0.39 is 6.09 Å². The number of rotatable bonds is 2. The highest BCUT2D eigenvalue weighted by Crippen LogP contribution is 2.41. The van der Waals surface area contributed by atoms with Crippen molar-refractivity contribution in [3.63, 3.8) is 0 Å². The van der Waals surface area contributed by atoms with Gasteiger partial charge in [-0.3, -0.25) is 0 Å². The Morgan fingerprint density at radius 1 is 1.23 bits per heavy atom. The Morgan fingerprint density at radius 2 is 2.03 bits per heavy atom. The number of amidine groups is 1. The van der Waals surface area contributed by atoms with Gasteiger partial charge in [0.15, 0.2) is 0 Å². The lowest BCUT2D eigenvalue weighted by molar-refractivity contribution is 0.187. The third-order valence-electron chi connectivity index (χ3n) is 6.43. The number of amides is 1. The van der Waals surface area contributed by atoms with Gasteiger partial charge in [0.1, 0.15) is 18.0 Å². The molecule has 2 aliphatic heterocycles. The summed E-state index contributed by atoms with van der Waals surface area (Å²) in [5.41, 5.74) is 3.09. The zero-order valence-corrected chi connectivity index (χ0v) is 16.6. The quantitative estimate of drug-likeness (QED) is 0.793. The van der Waals surface area contributed by atoms with E-state index in [4.69, 9.17) is 14.8 Å². The number of hydrogen-bond acceptors (Lipinski definition) is 4. The molecule has 2 N–H and O–H groups in total. The average molecular weight is 409 g/mol. The van der Waals surface area contributed by atoms with Crippen molar-refractivity contribution >= 4 is 12.1 Å². The van der Waals surface area contributed by atoms with Gasteiger partial charge in [0.25, 0.3) is 6.02 Å². The Labute approximate surface area is 174 Å². The SMILES string of the molecule is O=C(O)N[C@H]1CC[C@@]2(COC(N3CCc4ccccc4[C@@H]3c3ccc(F)cc3)=N2)C1. The molecule has 2 aromatic carbocycles. The van der Waals surface area contributed by atoms with Crippen LogP contribution >= 0.6 is 0 Å². The van der Waals surface area contributed by atoms with E-state index >= 15 is 0 Å². The predicted molar refractivity (Wildman–Crippen MR) is 110 cm³/mol. The maximum absolute atomic E-state index is 13.6. The summed E-state index contributed by atoms with van der Waals surface area (Å²) in [6.07, 6.45) is 2.09. The third-order valence-corrected chi connectivity index (χ3v) is 6.43. The van der Waals surface area contributed by atoms with Gasteiger partial charge >= 0.3 is 6.09 Å². The molecular weight excluding hydrogens is 385 g/mol. The predicted octanol–water partition coefficient (Wildman–Crippen LogP) is 3.72. The Bertz CT molecular complexity index is 993. The van der Waals surface area contributed by atoms with Crippen molar-refractivity contribution < 1.29 is 19.0 Å². The number of halogens is 1. The van der Waals surface area contributed by atoms with Crippen LogP contribution in [0.2, 0.25) is 0 Å². The minimum Gasteiger partial charge on any atom is -0.465 e. The normalized spacial score (nSPS) is 27.5. The average Bonchev–Trinajstić information content (AvgIpc) is 3.33. The Balaban J connectivity index is 1.47. The van der Waals surface area contributed by atoms with E-state index in [2.05, 4.69) is 22.3 Å². The molecule has 1 spiro atoms. The van der Waals surface area contributed by atoms with Crippen LogP contribution in [0.1, 0.15) is 42.0 Å². The molecule has 0 bridgehead atoms. The van der Waals surface area contributed by atoms with E-state index in [-0.39, 0.29) is 23.4 Å². The van der Waals surface area contributed by atoms with Crippen LogP contribution in [0.4, 0.5) is 9.18 Å². The van der Waals surface area contributed by atoms with Crippen molar-refractivity contribution in [1.29, 1.82) is 0 Å². The zero-order valence-electron chi connectivity index (χ0n) is 16.6. The number of carbonyl (C=O) groups is 1. The van der Waals surface area contributed by atoms with E-state index in [1.165, 1.54) is 23.3 Å². The maximum atomic E-state index is 13.6. The van der Waals surface area contributed by atoms with Crippen molar-refractivity contribution in [1.82, 2.24) is 10.2 Å². The molecule has 0 saturated heterocycles. The highest BCUT2D eigenvalue weighted by molar-refractivity contribution is 5.78. The maximum Gasteiger partial charge on any atom is 0.404 e. The number of aliphatic imine (C=N–C) groups is 1. The lowest BCUT2D eigenvalue weighted by Crippen LogP contribution is -2.40. The number of benzene rings is 2. The van der Waals surface area contributed by atoms with Crippen LogP contribution in [0.25, 0.3) is 0 Å². The second kappa shape index (κ2) is 7.31. The molecule has 5 rings (SSSR count). The Morgan fingerprint density at radius 3 is 2.83 bits per heavy atom. The van der Waals surface area contributed by atoms with Crippen molar-refractivity contribution in [2.75, 3.05) is 13.2 Å². The smallest absolute Gasteiger partial charge is 0.404 e. The second-order valence-corrected chi connectivity index (χ2v) is 8.39. The van der Waals surface area contributed by atoms with Gasteiger partial charge in [-0.2, -0.15) is 0 Å². The molecule has 0 radical (unpaired) electrons. The molecule has 1 amide bonds. The van der Waals surface area contributed by atoms with E-state index in [9.17, 15) is 9.18 Å². The first kappa shape index (κ1) is 18.9. The van der Waals surface area contributed by atoms with Gasteiger partial charge in [0, 0.05) is 12.6 Å². The summed E-state index contributed by atoms with van der Waals surface area (Å²) < 4.78 is 19.7. The Kier molecular flexibility index (Phi) is 4.60.